The summed E-state index contributed by atoms with van der Waals surface area (Å²) in [6.45, 7) is 1.82. The first-order chi connectivity index (χ1) is 7.65. The van der Waals surface area contributed by atoms with Crippen molar-refractivity contribution < 1.29 is 0 Å². The summed E-state index contributed by atoms with van der Waals surface area (Å²) < 4.78 is 1.13. The summed E-state index contributed by atoms with van der Waals surface area (Å²) in [5.41, 5.74) is 6.67. The first kappa shape index (κ1) is 11.1. The quantitative estimate of drug-likeness (QED) is 0.833. The Balaban J connectivity index is 2.30. The molecule has 16 heavy (non-hydrogen) atoms. The molecule has 0 aliphatic heterocycles. The summed E-state index contributed by atoms with van der Waals surface area (Å²) in [7, 11) is 0. The highest BCUT2D eigenvalue weighted by Gasteiger charge is 2.02. The second-order valence-electron chi connectivity index (χ2n) is 3.33. The number of aryl methyl sites for hydroxylation is 1. The van der Waals surface area contributed by atoms with Crippen LogP contribution in [0.2, 0.25) is 0 Å². The monoisotopic (exact) mass is 326 g/mol. The lowest BCUT2D eigenvalue weighted by Gasteiger charge is -2.08. The van der Waals surface area contributed by atoms with Gasteiger partial charge >= 0.3 is 0 Å². The zero-order valence-electron chi connectivity index (χ0n) is 8.74. The van der Waals surface area contributed by atoms with Crippen molar-refractivity contribution in [1.29, 1.82) is 0 Å². The summed E-state index contributed by atoms with van der Waals surface area (Å²) in [5, 5.41) is 3.22. The van der Waals surface area contributed by atoms with Crippen molar-refractivity contribution in [2.45, 2.75) is 6.92 Å². The third-order valence-electron chi connectivity index (χ3n) is 1.99. The van der Waals surface area contributed by atoms with E-state index in [1.165, 1.54) is 0 Å². The van der Waals surface area contributed by atoms with Crippen molar-refractivity contribution in [3.63, 3.8) is 0 Å². The van der Waals surface area contributed by atoms with Gasteiger partial charge < -0.3 is 11.1 Å². The Morgan fingerprint density at radius 1 is 1.25 bits per heavy atom. The van der Waals surface area contributed by atoms with Crippen molar-refractivity contribution in [3.05, 3.63) is 39.7 Å². The smallest absolute Gasteiger partial charge is 0.136 e. The van der Waals surface area contributed by atoms with E-state index in [0.29, 0.717) is 17.5 Å². The normalized spacial score (nSPS) is 10.1. The highest BCUT2D eigenvalue weighted by molar-refractivity contribution is 14.1. The maximum Gasteiger partial charge on any atom is 0.136 e. The summed E-state index contributed by atoms with van der Waals surface area (Å²) in [6.07, 6.45) is 0. The number of benzene rings is 1. The Bertz CT molecular complexity index is 493. The van der Waals surface area contributed by atoms with Gasteiger partial charge in [0.15, 0.2) is 0 Å². The van der Waals surface area contributed by atoms with Crippen LogP contribution in [0.25, 0.3) is 0 Å². The van der Waals surface area contributed by atoms with Crippen molar-refractivity contribution in [1.82, 2.24) is 9.97 Å². The van der Waals surface area contributed by atoms with Crippen molar-refractivity contribution in [2.24, 2.45) is 0 Å². The minimum Gasteiger partial charge on any atom is -0.384 e. The molecule has 0 fully saturated rings. The molecule has 1 aromatic carbocycles. The molecule has 0 aliphatic rings. The number of nitrogens with two attached hydrogens (primary N) is 1. The molecule has 0 amide bonds. The number of aromatic nitrogens is 2. The Morgan fingerprint density at radius 3 is 2.69 bits per heavy atom. The maximum atomic E-state index is 5.66. The SMILES string of the molecule is Cc1nc(N)cc(Nc2ccccc2I)n1. The summed E-state index contributed by atoms with van der Waals surface area (Å²) in [4.78, 5) is 8.29. The molecule has 0 atom stereocenters. The molecule has 2 rings (SSSR count). The molecule has 0 bridgehead atoms. The maximum absolute atomic E-state index is 5.66. The van der Waals surface area contributed by atoms with Crippen LogP contribution in [0.4, 0.5) is 17.3 Å². The number of rotatable bonds is 2. The average Bonchev–Trinajstić information content (AvgIpc) is 2.20. The molecule has 2 aromatic rings. The van der Waals surface area contributed by atoms with E-state index in [0.717, 1.165) is 9.26 Å². The first-order valence-corrected chi connectivity index (χ1v) is 5.86. The van der Waals surface area contributed by atoms with E-state index in [1.54, 1.807) is 6.07 Å². The van der Waals surface area contributed by atoms with Crippen LogP contribution in [0.3, 0.4) is 0 Å². The van der Waals surface area contributed by atoms with Crippen LogP contribution in [-0.4, -0.2) is 9.97 Å². The van der Waals surface area contributed by atoms with E-state index >= 15 is 0 Å². The van der Waals surface area contributed by atoms with E-state index in [2.05, 4.69) is 37.9 Å². The molecule has 1 aromatic heterocycles. The molecule has 3 N–H and O–H groups in total. The van der Waals surface area contributed by atoms with Gasteiger partial charge in [0.2, 0.25) is 0 Å². The van der Waals surface area contributed by atoms with Gasteiger partial charge in [0.25, 0.3) is 0 Å². The highest BCUT2D eigenvalue weighted by Crippen LogP contribution is 2.21. The standard InChI is InChI=1S/C11H11IN4/c1-7-14-10(13)6-11(15-7)16-9-5-3-2-4-8(9)12/h2-6H,1H3,(H3,13,14,15,16). The number of para-hydroxylation sites is 1. The molecular weight excluding hydrogens is 315 g/mol. The number of nitrogens with one attached hydrogen (secondary N) is 1. The summed E-state index contributed by atoms with van der Waals surface area (Å²) in [6, 6.07) is 9.71. The van der Waals surface area contributed by atoms with Gasteiger partial charge in [-0.05, 0) is 41.6 Å². The molecule has 0 saturated carbocycles. The van der Waals surface area contributed by atoms with Crippen LogP contribution in [-0.2, 0) is 0 Å². The van der Waals surface area contributed by atoms with E-state index in [9.17, 15) is 0 Å². The minimum atomic E-state index is 0.473. The average molecular weight is 326 g/mol. The van der Waals surface area contributed by atoms with Crippen LogP contribution in [0, 0.1) is 10.5 Å². The number of anilines is 3. The highest BCUT2D eigenvalue weighted by atomic mass is 127. The van der Waals surface area contributed by atoms with Gasteiger partial charge in [0.05, 0.1) is 5.69 Å². The van der Waals surface area contributed by atoms with Crippen LogP contribution >= 0.6 is 22.6 Å². The number of halogens is 1. The van der Waals surface area contributed by atoms with Gasteiger partial charge in [0, 0.05) is 9.64 Å². The third-order valence-corrected chi connectivity index (χ3v) is 2.94. The fourth-order valence-corrected chi connectivity index (χ4v) is 1.88. The van der Waals surface area contributed by atoms with Crippen molar-refractivity contribution in [2.75, 3.05) is 11.1 Å². The van der Waals surface area contributed by atoms with E-state index in [4.69, 9.17) is 5.73 Å². The lowest BCUT2D eigenvalue weighted by molar-refractivity contribution is 1.06. The summed E-state index contributed by atoms with van der Waals surface area (Å²) >= 11 is 2.27. The largest absolute Gasteiger partial charge is 0.384 e. The molecule has 0 spiro atoms. The zero-order valence-corrected chi connectivity index (χ0v) is 10.9. The molecule has 0 saturated heterocycles. The van der Waals surface area contributed by atoms with E-state index in [-0.39, 0.29) is 0 Å². The van der Waals surface area contributed by atoms with Gasteiger partial charge in [-0.3, -0.25) is 0 Å². The predicted molar refractivity (Wildman–Crippen MR) is 73.6 cm³/mol. The third kappa shape index (κ3) is 2.60. The molecule has 5 heteroatoms. The lowest BCUT2D eigenvalue weighted by atomic mass is 10.3. The number of nitrogen functional groups attached to an aromatic ring is 1. The van der Waals surface area contributed by atoms with Gasteiger partial charge in [-0.2, -0.15) is 0 Å². The van der Waals surface area contributed by atoms with Crippen LogP contribution in [0.15, 0.2) is 30.3 Å². The molecule has 1 heterocycles. The van der Waals surface area contributed by atoms with Crippen LogP contribution < -0.4 is 11.1 Å². The van der Waals surface area contributed by atoms with Gasteiger partial charge in [-0.25, -0.2) is 9.97 Å². The number of nitrogens with zero attached hydrogens (tertiary/aromatic N) is 2. The van der Waals surface area contributed by atoms with Gasteiger partial charge in [-0.15, -0.1) is 0 Å². The number of hydrogen-bond donors (Lipinski definition) is 2. The molecule has 0 unspecified atom stereocenters. The molecular formula is C11H11IN4. The zero-order chi connectivity index (χ0) is 11.5. The van der Waals surface area contributed by atoms with Gasteiger partial charge in [0.1, 0.15) is 17.5 Å². The fourth-order valence-electron chi connectivity index (χ4n) is 1.36. The van der Waals surface area contributed by atoms with Crippen molar-refractivity contribution >= 4 is 39.9 Å². The Kier molecular flexibility index (Phi) is 3.23. The van der Waals surface area contributed by atoms with Crippen LogP contribution in [0.5, 0.6) is 0 Å². The van der Waals surface area contributed by atoms with Gasteiger partial charge in [-0.1, -0.05) is 12.1 Å². The minimum absolute atomic E-state index is 0.473. The van der Waals surface area contributed by atoms with E-state index < -0.39 is 0 Å². The molecule has 4 nitrogen and oxygen atoms in total. The Labute approximate surface area is 107 Å². The van der Waals surface area contributed by atoms with Crippen molar-refractivity contribution in [3.8, 4) is 0 Å². The second kappa shape index (κ2) is 4.65. The second-order valence-corrected chi connectivity index (χ2v) is 4.49. The Morgan fingerprint density at radius 2 is 2.00 bits per heavy atom. The fraction of sp³-hybridized carbons (Fsp3) is 0.0909. The lowest BCUT2D eigenvalue weighted by Crippen LogP contribution is -2.01. The molecule has 0 aliphatic carbocycles. The van der Waals surface area contributed by atoms with E-state index in [1.807, 2.05) is 31.2 Å². The summed E-state index contributed by atoms with van der Waals surface area (Å²) in [5.74, 6) is 1.85. The predicted octanol–water partition coefficient (Wildman–Crippen LogP) is 2.72. The first-order valence-electron chi connectivity index (χ1n) is 4.78. The molecule has 0 radical (unpaired) electrons. The number of hydrogen-bond acceptors (Lipinski definition) is 4. The topological polar surface area (TPSA) is 63.8 Å². The van der Waals surface area contributed by atoms with Crippen LogP contribution in [0.1, 0.15) is 5.82 Å². The Hall–Kier alpha value is -1.37. The molecule has 82 valence electrons.